The van der Waals surface area contributed by atoms with Crippen LogP contribution in [-0.2, 0) is 19.9 Å². The zero-order valence-electron chi connectivity index (χ0n) is 21.1. The summed E-state index contributed by atoms with van der Waals surface area (Å²) < 4.78 is 1.65. The van der Waals surface area contributed by atoms with Crippen LogP contribution in [0.3, 0.4) is 0 Å². The minimum absolute atomic E-state index is 0.138. The second kappa shape index (κ2) is 10.8. The predicted molar refractivity (Wildman–Crippen MR) is 146 cm³/mol. The number of aromatic nitrogens is 3. The lowest BCUT2D eigenvalue weighted by atomic mass is 10.0. The zero-order valence-corrected chi connectivity index (χ0v) is 21.8. The third-order valence-electron chi connectivity index (χ3n) is 6.21. The number of halogens is 1. The molecule has 0 saturated heterocycles. The molecular weight excluding hydrogens is 490 g/mol. The first-order valence-electron chi connectivity index (χ1n) is 11.9. The lowest BCUT2D eigenvalue weighted by molar-refractivity contribution is 0.0696. The number of nitrogens with one attached hydrogen (secondary N) is 2. The molecule has 4 rings (SSSR count). The van der Waals surface area contributed by atoms with E-state index in [2.05, 4.69) is 34.4 Å². The number of hydrogen-bond donors (Lipinski definition) is 3. The van der Waals surface area contributed by atoms with E-state index in [-0.39, 0.29) is 11.5 Å². The summed E-state index contributed by atoms with van der Waals surface area (Å²) in [5, 5.41) is 15.9. The predicted octanol–water partition coefficient (Wildman–Crippen LogP) is 6.26. The largest absolute Gasteiger partial charge is 0.478 e. The fourth-order valence-corrected chi connectivity index (χ4v) is 4.37. The Morgan fingerprint density at radius 3 is 2.35 bits per heavy atom. The van der Waals surface area contributed by atoms with E-state index in [1.165, 1.54) is 18.5 Å². The second-order valence-corrected chi connectivity index (χ2v) is 9.09. The van der Waals surface area contributed by atoms with Crippen molar-refractivity contribution >= 4 is 40.8 Å². The van der Waals surface area contributed by atoms with Gasteiger partial charge < -0.3 is 20.3 Å². The van der Waals surface area contributed by atoms with Crippen molar-refractivity contribution in [2.45, 2.75) is 33.6 Å². The van der Waals surface area contributed by atoms with Gasteiger partial charge in [-0.05, 0) is 60.7 Å². The van der Waals surface area contributed by atoms with E-state index in [1.54, 1.807) is 23.7 Å². The van der Waals surface area contributed by atoms with Gasteiger partial charge in [-0.1, -0.05) is 43.6 Å². The highest BCUT2D eigenvalue weighted by molar-refractivity contribution is 6.32. The molecule has 190 valence electrons. The maximum atomic E-state index is 13.1. The van der Waals surface area contributed by atoms with E-state index in [0.29, 0.717) is 27.9 Å². The normalized spacial score (nSPS) is 10.8. The molecule has 0 spiro atoms. The Bertz CT molecular complexity index is 1470. The van der Waals surface area contributed by atoms with Crippen molar-refractivity contribution in [1.82, 2.24) is 14.5 Å². The molecule has 0 aliphatic heterocycles. The number of nitrogens with zero attached hydrogens (tertiary/aromatic N) is 3. The van der Waals surface area contributed by atoms with Gasteiger partial charge in [0.1, 0.15) is 5.69 Å². The van der Waals surface area contributed by atoms with E-state index in [9.17, 15) is 14.7 Å². The molecule has 0 aliphatic rings. The number of aromatic carboxylic acids is 1. The maximum absolute atomic E-state index is 13.1. The van der Waals surface area contributed by atoms with Crippen molar-refractivity contribution in [3.63, 3.8) is 0 Å². The van der Waals surface area contributed by atoms with Crippen LogP contribution in [0.5, 0.6) is 0 Å². The number of carbonyl (C=O) groups is 2. The maximum Gasteiger partial charge on any atom is 0.337 e. The highest BCUT2D eigenvalue weighted by Gasteiger charge is 2.17. The third-order valence-corrected chi connectivity index (χ3v) is 6.49. The Labute approximate surface area is 220 Å². The molecule has 0 fully saturated rings. The minimum Gasteiger partial charge on any atom is -0.478 e. The van der Waals surface area contributed by atoms with Crippen LogP contribution in [0.1, 0.15) is 51.3 Å². The van der Waals surface area contributed by atoms with E-state index in [1.807, 2.05) is 31.2 Å². The van der Waals surface area contributed by atoms with Crippen molar-refractivity contribution in [3.05, 3.63) is 87.7 Å². The molecule has 0 bridgehead atoms. The number of aryl methyl sites for hydroxylation is 4. The lowest BCUT2D eigenvalue weighted by Crippen LogP contribution is -2.15. The molecule has 0 saturated carbocycles. The van der Waals surface area contributed by atoms with Crippen LogP contribution in [0.25, 0.3) is 11.4 Å². The van der Waals surface area contributed by atoms with Gasteiger partial charge in [-0.25, -0.2) is 14.8 Å². The monoisotopic (exact) mass is 517 g/mol. The highest BCUT2D eigenvalue weighted by atomic mass is 35.5. The van der Waals surface area contributed by atoms with Gasteiger partial charge in [0, 0.05) is 30.2 Å². The van der Waals surface area contributed by atoms with E-state index < -0.39 is 5.97 Å². The van der Waals surface area contributed by atoms with Gasteiger partial charge in [-0.2, -0.15) is 0 Å². The van der Waals surface area contributed by atoms with Gasteiger partial charge in [0.05, 0.1) is 22.5 Å². The molecule has 3 N–H and O–H groups in total. The molecule has 2 heterocycles. The van der Waals surface area contributed by atoms with E-state index in [0.717, 1.165) is 40.9 Å². The van der Waals surface area contributed by atoms with Crippen LogP contribution in [-0.4, -0.2) is 31.5 Å². The molecule has 8 nitrogen and oxygen atoms in total. The number of carbonyl (C=O) groups excluding carboxylic acids is 1. The van der Waals surface area contributed by atoms with E-state index in [4.69, 9.17) is 11.6 Å². The van der Waals surface area contributed by atoms with Gasteiger partial charge in [0.2, 0.25) is 5.95 Å². The Kier molecular flexibility index (Phi) is 7.59. The van der Waals surface area contributed by atoms with E-state index >= 15 is 0 Å². The van der Waals surface area contributed by atoms with Crippen LogP contribution < -0.4 is 10.6 Å². The standard InChI is InChI=1S/C28H28ClN5O3/c1-5-17-8-7-9-18(6-2)24(17)32-26(35)19-10-11-22(16(3)12-19)31-28-30-14-21(29)25(33-28)23-13-20(27(36)37)15-34(23)4/h7-15H,5-6H2,1-4H3,(H,32,35)(H,36,37)(H,30,31,33). The Balaban J connectivity index is 1.57. The topological polar surface area (TPSA) is 109 Å². The lowest BCUT2D eigenvalue weighted by Gasteiger charge is -2.15. The molecule has 1 amide bonds. The van der Waals surface area contributed by atoms with Crippen LogP contribution >= 0.6 is 11.6 Å². The number of para-hydroxylation sites is 1. The number of rotatable bonds is 8. The quantitative estimate of drug-likeness (QED) is 0.254. The smallest absolute Gasteiger partial charge is 0.337 e. The Hall–Kier alpha value is -4.17. The number of anilines is 3. The summed E-state index contributed by atoms with van der Waals surface area (Å²) in [5.74, 6) is -0.912. The van der Waals surface area contributed by atoms with Crippen molar-refractivity contribution < 1.29 is 14.7 Å². The van der Waals surface area contributed by atoms with Crippen LogP contribution in [0.4, 0.5) is 17.3 Å². The summed E-state index contributed by atoms with van der Waals surface area (Å²) in [6, 6.07) is 13.0. The summed E-state index contributed by atoms with van der Waals surface area (Å²) in [4.78, 5) is 33.2. The molecule has 0 radical (unpaired) electrons. The number of amides is 1. The summed E-state index contributed by atoms with van der Waals surface area (Å²) >= 11 is 6.33. The van der Waals surface area contributed by atoms with Gasteiger partial charge >= 0.3 is 5.97 Å². The SMILES string of the molecule is CCc1cccc(CC)c1NC(=O)c1ccc(Nc2ncc(Cl)c(-c3cc(C(=O)O)cn3C)n2)c(C)c1. The van der Waals surface area contributed by atoms with Crippen LogP contribution in [0.15, 0.2) is 54.9 Å². The fourth-order valence-electron chi connectivity index (χ4n) is 4.18. The van der Waals surface area contributed by atoms with Crippen molar-refractivity contribution in [3.8, 4) is 11.4 Å². The molecule has 0 unspecified atom stereocenters. The zero-order chi connectivity index (χ0) is 26.7. The van der Waals surface area contributed by atoms with Crippen LogP contribution in [0.2, 0.25) is 5.02 Å². The molecule has 9 heteroatoms. The highest BCUT2D eigenvalue weighted by Crippen LogP contribution is 2.29. The second-order valence-electron chi connectivity index (χ2n) is 8.69. The molecule has 4 aromatic rings. The molecule has 2 aromatic heterocycles. The van der Waals surface area contributed by atoms with Crippen LogP contribution in [0, 0.1) is 6.92 Å². The summed E-state index contributed by atoms with van der Waals surface area (Å²) in [6.45, 7) is 6.04. The number of hydrogen-bond acceptors (Lipinski definition) is 5. The number of carboxylic acid groups (broad SMARTS) is 1. The fraction of sp³-hybridized carbons (Fsp3) is 0.214. The first kappa shape index (κ1) is 25.9. The minimum atomic E-state index is -1.03. The first-order chi connectivity index (χ1) is 17.7. The molecule has 2 aromatic carbocycles. The van der Waals surface area contributed by atoms with Gasteiger partial charge in [0.15, 0.2) is 0 Å². The molecular formula is C28H28ClN5O3. The third kappa shape index (κ3) is 5.49. The number of carboxylic acids is 1. The summed E-state index contributed by atoms with van der Waals surface area (Å²) in [7, 11) is 1.73. The average molecular weight is 518 g/mol. The Morgan fingerprint density at radius 1 is 1.05 bits per heavy atom. The Morgan fingerprint density at radius 2 is 1.76 bits per heavy atom. The first-order valence-corrected chi connectivity index (χ1v) is 12.3. The number of benzene rings is 2. The summed E-state index contributed by atoms with van der Waals surface area (Å²) in [5.41, 5.74) is 6.29. The van der Waals surface area contributed by atoms with Gasteiger partial charge in [-0.3, -0.25) is 4.79 Å². The van der Waals surface area contributed by atoms with Gasteiger partial charge in [-0.15, -0.1) is 0 Å². The molecule has 37 heavy (non-hydrogen) atoms. The van der Waals surface area contributed by atoms with Crippen molar-refractivity contribution in [2.24, 2.45) is 7.05 Å². The van der Waals surface area contributed by atoms with Gasteiger partial charge in [0.25, 0.3) is 5.91 Å². The average Bonchev–Trinajstić information content (AvgIpc) is 3.28. The van der Waals surface area contributed by atoms with Crippen molar-refractivity contribution in [2.75, 3.05) is 10.6 Å². The summed E-state index contributed by atoms with van der Waals surface area (Å²) in [6.07, 6.45) is 4.62. The molecule has 0 atom stereocenters. The molecule has 0 aliphatic carbocycles. The van der Waals surface area contributed by atoms with Crippen molar-refractivity contribution in [1.29, 1.82) is 0 Å².